The van der Waals surface area contributed by atoms with Crippen molar-refractivity contribution in [2.24, 2.45) is 0 Å². The van der Waals surface area contributed by atoms with E-state index in [1.807, 2.05) is 19.9 Å². The Morgan fingerprint density at radius 1 is 1.37 bits per heavy atom. The van der Waals surface area contributed by atoms with Gasteiger partial charge in [0.15, 0.2) is 0 Å². The molecule has 0 radical (unpaired) electrons. The highest BCUT2D eigenvalue weighted by Gasteiger charge is 2.18. The summed E-state index contributed by atoms with van der Waals surface area (Å²) in [6.45, 7) is 3.93. The summed E-state index contributed by atoms with van der Waals surface area (Å²) in [5.74, 6) is -0.0659. The molecule has 1 heterocycles. The molecular formula is C13H12N4OS. The van der Waals surface area contributed by atoms with Crippen molar-refractivity contribution < 1.29 is 4.79 Å². The zero-order chi connectivity index (χ0) is 13.8. The summed E-state index contributed by atoms with van der Waals surface area (Å²) in [4.78, 5) is 12.6. The molecule has 0 aliphatic heterocycles. The topological polar surface area (TPSA) is 78.7 Å². The van der Waals surface area contributed by atoms with Crippen molar-refractivity contribution in [2.75, 3.05) is 5.32 Å². The third-order valence-corrected chi connectivity index (χ3v) is 3.28. The normalized spacial score (nSPS) is 10.2. The molecule has 96 valence electrons. The molecule has 2 rings (SSSR count). The number of amides is 1. The maximum Gasteiger partial charge on any atom is 0.269 e. The van der Waals surface area contributed by atoms with Crippen LogP contribution in [0.1, 0.15) is 40.7 Å². The summed E-state index contributed by atoms with van der Waals surface area (Å²) in [6, 6.07) is 8.73. The van der Waals surface area contributed by atoms with Crippen LogP contribution < -0.4 is 5.32 Å². The van der Waals surface area contributed by atoms with Gasteiger partial charge in [-0.15, -0.1) is 5.10 Å². The first-order chi connectivity index (χ1) is 9.11. The zero-order valence-corrected chi connectivity index (χ0v) is 11.4. The predicted molar refractivity (Wildman–Crippen MR) is 73.1 cm³/mol. The van der Waals surface area contributed by atoms with Gasteiger partial charge < -0.3 is 5.32 Å². The monoisotopic (exact) mass is 272 g/mol. The number of hydrogen-bond acceptors (Lipinski definition) is 5. The molecule has 0 aliphatic carbocycles. The summed E-state index contributed by atoms with van der Waals surface area (Å²) in [5.41, 5.74) is 1.91. The Hall–Kier alpha value is -2.26. The van der Waals surface area contributed by atoms with Crippen LogP contribution in [0.5, 0.6) is 0 Å². The molecule has 5 nitrogen and oxygen atoms in total. The van der Waals surface area contributed by atoms with Crippen molar-refractivity contribution in [3.8, 4) is 6.07 Å². The molecule has 1 amide bonds. The largest absolute Gasteiger partial charge is 0.321 e. The summed E-state index contributed by atoms with van der Waals surface area (Å²) < 4.78 is 3.82. The molecule has 2 aromatic rings. The van der Waals surface area contributed by atoms with E-state index in [1.54, 1.807) is 24.3 Å². The maximum absolute atomic E-state index is 12.1. The van der Waals surface area contributed by atoms with Gasteiger partial charge in [0, 0.05) is 5.69 Å². The van der Waals surface area contributed by atoms with E-state index in [2.05, 4.69) is 14.9 Å². The van der Waals surface area contributed by atoms with Gasteiger partial charge in [0.05, 0.1) is 17.3 Å². The smallest absolute Gasteiger partial charge is 0.269 e. The Kier molecular flexibility index (Phi) is 3.88. The van der Waals surface area contributed by atoms with Crippen LogP contribution in [0.15, 0.2) is 24.3 Å². The van der Waals surface area contributed by atoms with Crippen LogP contribution >= 0.6 is 11.5 Å². The fraction of sp³-hybridized carbons (Fsp3) is 0.231. The third kappa shape index (κ3) is 2.95. The van der Waals surface area contributed by atoms with Gasteiger partial charge in [-0.1, -0.05) is 18.3 Å². The number of aromatic nitrogens is 2. The van der Waals surface area contributed by atoms with Gasteiger partial charge in [0.25, 0.3) is 5.91 Å². The van der Waals surface area contributed by atoms with Gasteiger partial charge in [-0.25, -0.2) is 0 Å². The molecule has 0 atom stereocenters. The van der Waals surface area contributed by atoms with Gasteiger partial charge in [-0.2, -0.15) is 5.26 Å². The molecule has 0 bridgehead atoms. The zero-order valence-electron chi connectivity index (χ0n) is 10.5. The van der Waals surface area contributed by atoms with E-state index in [9.17, 15) is 4.79 Å². The fourth-order valence-electron chi connectivity index (χ4n) is 1.55. The molecule has 0 spiro atoms. The highest BCUT2D eigenvalue weighted by atomic mass is 32.1. The van der Waals surface area contributed by atoms with Gasteiger partial charge >= 0.3 is 0 Å². The number of hydrogen-bond donors (Lipinski definition) is 1. The molecule has 1 aromatic heterocycles. The van der Waals surface area contributed by atoms with Crippen molar-refractivity contribution in [1.82, 2.24) is 9.59 Å². The number of nitrogens with one attached hydrogen (secondary N) is 1. The van der Waals surface area contributed by atoms with Crippen molar-refractivity contribution >= 4 is 23.1 Å². The van der Waals surface area contributed by atoms with Crippen LogP contribution in [0, 0.1) is 11.3 Å². The number of benzene rings is 1. The van der Waals surface area contributed by atoms with Gasteiger partial charge in [-0.3, -0.25) is 4.79 Å². The van der Waals surface area contributed by atoms with Gasteiger partial charge in [-0.05, 0) is 41.7 Å². The van der Waals surface area contributed by atoms with Crippen LogP contribution in [0.25, 0.3) is 0 Å². The first kappa shape index (κ1) is 13.2. The van der Waals surface area contributed by atoms with Crippen LogP contribution in [0.2, 0.25) is 0 Å². The average Bonchev–Trinajstić information content (AvgIpc) is 2.89. The minimum absolute atomic E-state index is 0.153. The second-order valence-corrected chi connectivity index (χ2v) is 5.04. The lowest BCUT2D eigenvalue weighted by Gasteiger charge is -2.06. The van der Waals surface area contributed by atoms with Crippen molar-refractivity contribution in [2.45, 2.75) is 19.8 Å². The van der Waals surface area contributed by atoms with Crippen LogP contribution in [0.4, 0.5) is 5.69 Å². The van der Waals surface area contributed by atoms with Gasteiger partial charge in [0.1, 0.15) is 4.88 Å². The highest BCUT2D eigenvalue weighted by Crippen LogP contribution is 2.21. The molecule has 0 saturated heterocycles. The molecule has 1 aromatic carbocycles. The molecule has 6 heteroatoms. The van der Waals surface area contributed by atoms with E-state index >= 15 is 0 Å². The highest BCUT2D eigenvalue weighted by molar-refractivity contribution is 7.08. The molecule has 0 fully saturated rings. The number of nitriles is 1. The Morgan fingerprint density at radius 2 is 2.05 bits per heavy atom. The summed E-state index contributed by atoms with van der Waals surface area (Å²) >= 11 is 1.09. The fourth-order valence-corrected chi connectivity index (χ4v) is 2.26. The Balaban J connectivity index is 2.16. The third-order valence-electron chi connectivity index (χ3n) is 2.54. The second kappa shape index (κ2) is 5.59. The van der Waals surface area contributed by atoms with Crippen molar-refractivity contribution in [3.05, 3.63) is 40.4 Å². The average molecular weight is 272 g/mol. The van der Waals surface area contributed by atoms with Crippen molar-refractivity contribution in [3.63, 3.8) is 0 Å². The molecule has 0 unspecified atom stereocenters. The number of anilines is 1. The van der Waals surface area contributed by atoms with Crippen LogP contribution in [-0.2, 0) is 0 Å². The van der Waals surface area contributed by atoms with E-state index in [1.165, 1.54) is 0 Å². The van der Waals surface area contributed by atoms with E-state index < -0.39 is 0 Å². The summed E-state index contributed by atoms with van der Waals surface area (Å²) in [7, 11) is 0. The molecule has 0 saturated carbocycles. The minimum Gasteiger partial charge on any atom is -0.321 e. The quantitative estimate of drug-likeness (QED) is 0.931. The molecule has 1 N–H and O–H groups in total. The second-order valence-electron chi connectivity index (χ2n) is 4.29. The number of carbonyl (C=O) groups is 1. The predicted octanol–water partition coefficient (Wildman–Crippen LogP) is 2.79. The minimum atomic E-state index is -0.219. The molecule has 19 heavy (non-hydrogen) atoms. The van der Waals surface area contributed by atoms with Crippen LogP contribution in [-0.4, -0.2) is 15.5 Å². The van der Waals surface area contributed by atoms with Crippen molar-refractivity contribution in [1.29, 1.82) is 5.26 Å². The van der Waals surface area contributed by atoms with Gasteiger partial charge in [0.2, 0.25) is 0 Å². The standard InChI is InChI=1S/C13H12N4OS/c1-8(2)11-12(19-17-16-11)13(18)15-10-5-3-9(7-14)4-6-10/h3-6,8H,1-2H3,(H,15,18). The summed E-state index contributed by atoms with van der Waals surface area (Å²) in [5, 5.41) is 15.4. The summed E-state index contributed by atoms with van der Waals surface area (Å²) in [6.07, 6.45) is 0. The number of carbonyl (C=O) groups excluding carboxylic acids is 1. The lowest BCUT2D eigenvalue weighted by atomic mass is 10.1. The lowest BCUT2D eigenvalue weighted by molar-refractivity contribution is 0.102. The molecular weight excluding hydrogens is 260 g/mol. The first-order valence-corrected chi connectivity index (χ1v) is 6.53. The number of nitrogens with zero attached hydrogens (tertiary/aromatic N) is 3. The molecule has 0 aliphatic rings. The van der Waals surface area contributed by atoms with Crippen LogP contribution in [0.3, 0.4) is 0 Å². The van der Waals surface area contributed by atoms with E-state index in [0.29, 0.717) is 21.8 Å². The number of rotatable bonds is 3. The Bertz CT molecular complexity index is 625. The van der Waals surface area contributed by atoms with E-state index in [4.69, 9.17) is 5.26 Å². The van der Waals surface area contributed by atoms with E-state index in [0.717, 1.165) is 11.5 Å². The Labute approximate surface area is 115 Å². The Morgan fingerprint density at radius 3 is 2.63 bits per heavy atom. The lowest BCUT2D eigenvalue weighted by Crippen LogP contribution is -2.13. The van der Waals surface area contributed by atoms with E-state index in [-0.39, 0.29) is 11.8 Å². The first-order valence-electron chi connectivity index (χ1n) is 5.75. The maximum atomic E-state index is 12.1. The SMILES string of the molecule is CC(C)c1nnsc1C(=O)Nc1ccc(C#N)cc1.